The second kappa shape index (κ2) is 2.87. The van der Waals surface area contributed by atoms with E-state index in [0.717, 1.165) is 6.54 Å². The van der Waals surface area contributed by atoms with Crippen LogP contribution in [0.4, 0.5) is 0 Å². The molecule has 0 saturated carbocycles. The summed E-state index contributed by atoms with van der Waals surface area (Å²) in [6.07, 6.45) is 1.24. The van der Waals surface area contributed by atoms with Gasteiger partial charge < -0.3 is 4.90 Å². The Morgan fingerprint density at radius 2 is 2.36 bits per heavy atom. The number of hydrogen-bond acceptors (Lipinski definition) is 2. The molecule has 11 heavy (non-hydrogen) atoms. The van der Waals surface area contributed by atoms with Crippen LogP contribution in [0, 0.1) is 11.8 Å². The van der Waals surface area contributed by atoms with E-state index in [-0.39, 0.29) is 0 Å². The molecule has 1 unspecified atom stereocenters. The predicted molar refractivity (Wildman–Crippen MR) is 46.8 cm³/mol. The first-order valence-corrected chi connectivity index (χ1v) is 5.24. The molecule has 2 saturated heterocycles. The second-order valence-electron chi connectivity index (χ2n) is 3.51. The summed E-state index contributed by atoms with van der Waals surface area (Å²) in [5.41, 5.74) is 0. The van der Waals surface area contributed by atoms with Crippen LogP contribution in [-0.4, -0.2) is 35.6 Å². The Balaban J connectivity index is 2.02. The molecule has 2 rings (SSSR count). The van der Waals surface area contributed by atoms with Crippen molar-refractivity contribution >= 4 is 21.7 Å². The molecule has 0 N–H and O–H groups in total. The largest absolute Gasteiger partial charge is 0.302 e. The summed E-state index contributed by atoms with van der Waals surface area (Å²) in [4.78, 5) is 13.7. The minimum absolute atomic E-state index is 0.350. The molecule has 0 radical (unpaired) electrons. The fourth-order valence-electron chi connectivity index (χ4n) is 2.25. The molecule has 2 nitrogen and oxygen atoms in total. The van der Waals surface area contributed by atoms with Crippen LogP contribution >= 0.6 is 15.9 Å². The highest BCUT2D eigenvalue weighted by molar-refractivity contribution is 9.09. The lowest BCUT2D eigenvalue weighted by Gasteiger charge is -2.19. The molecule has 0 aliphatic carbocycles. The van der Waals surface area contributed by atoms with Gasteiger partial charge in [0.05, 0.1) is 5.33 Å². The highest BCUT2D eigenvalue weighted by atomic mass is 79.9. The number of carbonyl (C=O) groups is 1. The van der Waals surface area contributed by atoms with Crippen molar-refractivity contribution < 1.29 is 4.79 Å². The Labute approximate surface area is 75.1 Å². The number of piperidine rings is 1. The third-order valence-corrected chi connectivity index (χ3v) is 3.43. The predicted octanol–water partition coefficient (Wildman–Crippen LogP) is 0.902. The fraction of sp³-hybridized carbons (Fsp3) is 0.875. The van der Waals surface area contributed by atoms with Gasteiger partial charge in [0.15, 0.2) is 0 Å². The number of carbonyl (C=O) groups excluding carboxylic acids is 1. The fourth-order valence-corrected chi connectivity index (χ4v) is 2.66. The molecule has 3 atom stereocenters. The van der Waals surface area contributed by atoms with E-state index in [9.17, 15) is 4.79 Å². The normalized spacial score (nSPS) is 41.4. The molecule has 2 bridgehead atoms. The van der Waals surface area contributed by atoms with Crippen molar-refractivity contribution in [2.75, 3.05) is 25.0 Å². The maximum atomic E-state index is 11.3. The zero-order chi connectivity index (χ0) is 7.84. The van der Waals surface area contributed by atoms with Crippen LogP contribution in [0.15, 0.2) is 0 Å². The molecule has 0 aromatic heterocycles. The van der Waals surface area contributed by atoms with Gasteiger partial charge in [-0.05, 0) is 18.9 Å². The van der Waals surface area contributed by atoms with Gasteiger partial charge in [-0.15, -0.1) is 0 Å². The van der Waals surface area contributed by atoms with Crippen molar-refractivity contribution in [1.29, 1.82) is 0 Å². The third kappa shape index (κ3) is 1.25. The van der Waals surface area contributed by atoms with E-state index in [4.69, 9.17) is 0 Å². The number of ketones is 1. The molecule has 62 valence electrons. The van der Waals surface area contributed by atoms with Gasteiger partial charge in [-0.2, -0.15) is 0 Å². The minimum Gasteiger partial charge on any atom is -0.302 e. The van der Waals surface area contributed by atoms with E-state index in [0.29, 0.717) is 22.9 Å². The highest BCUT2D eigenvalue weighted by Crippen LogP contribution is 2.33. The Hall–Kier alpha value is 0.110. The molecule has 0 amide bonds. The van der Waals surface area contributed by atoms with E-state index in [1.807, 2.05) is 0 Å². The van der Waals surface area contributed by atoms with Crippen LogP contribution in [0.2, 0.25) is 0 Å². The number of Topliss-reactive ketones (excluding diaryl/α,β-unsaturated/α-hetero) is 1. The number of fused-ring (bicyclic) bond motifs is 2. The smallest absolute Gasteiger partial charge is 0.148 e. The van der Waals surface area contributed by atoms with Gasteiger partial charge in [-0.1, -0.05) is 15.9 Å². The van der Waals surface area contributed by atoms with Crippen molar-refractivity contribution in [3.63, 3.8) is 0 Å². The van der Waals surface area contributed by atoms with E-state index in [1.54, 1.807) is 0 Å². The molecule has 0 aromatic carbocycles. The summed E-state index contributed by atoms with van der Waals surface area (Å²) < 4.78 is 0. The SMILES string of the molecule is O=C(CBr)[C@@H]1CN2CC[C@@H]1C2. The maximum Gasteiger partial charge on any atom is 0.148 e. The third-order valence-electron chi connectivity index (χ3n) is 2.88. The molecule has 0 spiro atoms. The number of rotatable bonds is 2. The standard InChI is InChI=1S/C8H12BrNO/c9-3-8(11)7-5-10-2-1-6(7)4-10/h6-7H,1-5H2/t6-,7-/m1/s1. The van der Waals surface area contributed by atoms with Gasteiger partial charge in [0.2, 0.25) is 0 Å². The molecule has 0 aromatic rings. The quantitative estimate of drug-likeness (QED) is 0.642. The topological polar surface area (TPSA) is 20.3 Å². The van der Waals surface area contributed by atoms with Crippen molar-refractivity contribution in [2.45, 2.75) is 6.42 Å². The summed E-state index contributed by atoms with van der Waals surface area (Å²) >= 11 is 3.23. The average Bonchev–Trinajstić information content (AvgIpc) is 2.62. The van der Waals surface area contributed by atoms with Gasteiger partial charge in [-0.3, -0.25) is 4.79 Å². The first kappa shape index (κ1) is 7.74. The van der Waals surface area contributed by atoms with Crippen LogP contribution in [0.3, 0.4) is 0 Å². The zero-order valence-corrected chi connectivity index (χ0v) is 8.01. The lowest BCUT2D eigenvalue weighted by atomic mass is 9.90. The summed E-state index contributed by atoms with van der Waals surface area (Å²) in [5, 5.41) is 0.544. The summed E-state index contributed by atoms with van der Waals surface area (Å²) in [6.45, 7) is 3.41. The first-order valence-electron chi connectivity index (χ1n) is 4.12. The molecular weight excluding hydrogens is 206 g/mol. The number of halogens is 1. The Kier molecular flexibility index (Phi) is 2.02. The van der Waals surface area contributed by atoms with Crippen molar-refractivity contribution in [2.24, 2.45) is 11.8 Å². The maximum absolute atomic E-state index is 11.3. The summed E-state index contributed by atoms with van der Waals surface area (Å²) in [5.74, 6) is 1.43. The van der Waals surface area contributed by atoms with Gasteiger partial charge in [-0.25, -0.2) is 0 Å². The summed E-state index contributed by atoms with van der Waals surface area (Å²) in [6, 6.07) is 0. The molecule has 2 heterocycles. The van der Waals surface area contributed by atoms with Crippen molar-refractivity contribution in [1.82, 2.24) is 4.90 Å². The van der Waals surface area contributed by atoms with Crippen LogP contribution < -0.4 is 0 Å². The summed E-state index contributed by atoms with van der Waals surface area (Å²) in [7, 11) is 0. The first-order chi connectivity index (χ1) is 5.31. The molecular formula is C8H12BrNO. The highest BCUT2D eigenvalue weighted by Gasteiger charge is 2.40. The van der Waals surface area contributed by atoms with Crippen LogP contribution in [0.5, 0.6) is 0 Å². The van der Waals surface area contributed by atoms with Gasteiger partial charge in [0, 0.05) is 19.0 Å². The Morgan fingerprint density at radius 1 is 1.55 bits per heavy atom. The van der Waals surface area contributed by atoms with Crippen LogP contribution in [0.1, 0.15) is 6.42 Å². The van der Waals surface area contributed by atoms with E-state index >= 15 is 0 Å². The monoisotopic (exact) mass is 217 g/mol. The van der Waals surface area contributed by atoms with Gasteiger partial charge in [0.1, 0.15) is 5.78 Å². The van der Waals surface area contributed by atoms with E-state index < -0.39 is 0 Å². The second-order valence-corrected chi connectivity index (χ2v) is 4.08. The zero-order valence-electron chi connectivity index (χ0n) is 6.42. The van der Waals surface area contributed by atoms with Gasteiger partial charge in [0.25, 0.3) is 0 Å². The number of alkyl halides is 1. The van der Waals surface area contributed by atoms with Crippen LogP contribution in [0.25, 0.3) is 0 Å². The van der Waals surface area contributed by atoms with Crippen molar-refractivity contribution in [3.05, 3.63) is 0 Å². The van der Waals surface area contributed by atoms with E-state index in [1.165, 1.54) is 19.5 Å². The number of nitrogens with zero attached hydrogens (tertiary/aromatic N) is 1. The Bertz CT molecular complexity index is 183. The lowest BCUT2D eigenvalue weighted by molar-refractivity contribution is -0.121. The molecule has 2 fully saturated rings. The lowest BCUT2D eigenvalue weighted by Crippen LogP contribution is -2.29. The minimum atomic E-state index is 0.350. The van der Waals surface area contributed by atoms with Crippen molar-refractivity contribution in [3.8, 4) is 0 Å². The average molecular weight is 218 g/mol. The Morgan fingerprint density at radius 3 is 2.82 bits per heavy atom. The van der Waals surface area contributed by atoms with Crippen LogP contribution in [-0.2, 0) is 4.79 Å². The van der Waals surface area contributed by atoms with E-state index in [2.05, 4.69) is 20.8 Å². The van der Waals surface area contributed by atoms with Gasteiger partial charge >= 0.3 is 0 Å². The molecule has 2 aliphatic rings. The number of hydrogen-bond donors (Lipinski definition) is 0. The molecule has 2 aliphatic heterocycles. The molecule has 3 heteroatoms.